The molecular weight excluding hydrogens is 596 g/mol. The summed E-state index contributed by atoms with van der Waals surface area (Å²) in [4.78, 5) is 31.5. The number of anilines is 6. The van der Waals surface area contributed by atoms with Crippen molar-refractivity contribution in [2.45, 2.75) is 52.4 Å². The Kier molecular flexibility index (Phi) is 9.76. The van der Waals surface area contributed by atoms with E-state index in [9.17, 15) is 9.59 Å². The molecular formula is C42H44N2O4. The van der Waals surface area contributed by atoms with Crippen LogP contribution in [0.3, 0.4) is 0 Å². The van der Waals surface area contributed by atoms with E-state index in [-0.39, 0.29) is 22.0 Å². The fourth-order valence-electron chi connectivity index (χ4n) is 5.72. The van der Waals surface area contributed by atoms with Gasteiger partial charge in [0.25, 0.3) is 0 Å². The van der Waals surface area contributed by atoms with E-state index in [2.05, 4.69) is 65.8 Å². The summed E-state index contributed by atoms with van der Waals surface area (Å²) < 4.78 is 10.8. The fraction of sp³-hybridized carbons (Fsp3) is 0.238. The third-order valence-corrected chi connectivity index (χ3v) is 8.42. The molecule has 6 nitrogen and oxygen atoms in total. The molecule has 0 atom stereocenters. The van der Waals surface area contributed by atoms with Gasteiger partial charge in [0.05, 0.1) is 36.7 Å². The molecule has 0 saturated heterocycles. The van der Waals surface area contributed by atoms with Crippen LogP contribution in [0.2, 0.25) is 0 Å². The van der Waals surface area contributed by atoms with Gasteiger partial charge in [-0.05, 0) is 82.6 Å². The highest BCUT2D eigenvalue weighted by atomic mass is 16.5. The van der Waals surface area contributed by atoms with Crippen molar-refractivity contribution in [2.24, 2.45) is 0 Å². The molecule has 0 aliphatic heterocycles. The second kappa shape index (κ2) is 13.8. The first-order valence-electron chi connectivity index (χ1n) is 16.1. The lowest BCUT2D eigenvalue weighted by Gasteiger charge is -2.32. The maximum atomic E-state index is 13.8. The van der Waals surface area contributed by atoms with Crippen LogP contribution in [0.5, 0.6) is 0 Å². The van der Waals surface area contributed by atoms with Crippen LogP contribution in [0.15, 0.2) is 121 Å². The van der Waals surface area contributed by atoms with Crippen LogP contribution in [-0.4, -0.2) is 26.2 Å². The molecule has 0 saturated carbocycles. The van der Waals surface area contributed by atoms with Crippen LogP contribution in [-0.2, 0) is 20.3 Å². The first kappa shape index (κ1) is 34.0. The highest BCUT2D eigenvalue weighted by Crippen LogP contribution is 2.44. The minimum atomic E-state index is -0.536. The van der Waals surface area contributed by atoms with Crippen molar-refractivity contribution >= 4 is 46.1 Å². The third kappa shape index (κ3) is 7.13. The van der Waals surface area contributed by atoms with E-state index in [1.165, 1.54) is 25.3 Å². The van der Waals surface area contributed by atoms with Crippen LogP contribution in [0.25, 0.3) is 0 Å². The van der Waals surface area contributed by atoms with Gasteiger partial charge in [0.1, 0.15) is 0 Å². The van der Waals surface area contributed by atoms with E-state index in [1.807, 2.05) is 94.7 Å². The van der Waals surface area contributed by atoms with Gasteiger partial charge in [0, 0.05) is 22.7 Å². The zero-order valence-electron chi connectivity index (χ0n) is 29.1. The summed E-state index contributed by atoms with van der Waals surface area (Å²) in [6.45, 7) is 13.0. The van der Waals surface area contributed by atoms with E-state index in [1.54, 1.807) is 12.1 Å². The van der Waals surface area contributed by atoms with Gasteiger partial charge >= 0.3 is 11.9 Å². The Balaban J connectivity index is 1.82. The third-order valence-electron chi connectivity index (χ3n) is 8.42. The van der Waals surface area contributed by atoms with Crippen molar-refractivity contribution in [2.75, 3.05) is 24.0 Å². The van der Waals surface area contributed by atoms with Gasteiger partial charge in [-0.1, -0.05) is 102 Å². The molecule has 0 bridgehead atoms. The normalized spacial score (nSPS) is 11.5. The molecule has 0 radical (unpaired) electrons. The second-order valence-corrected chi connectivity index (χ2v) is 13.8. The van der Waals surface area contributed by atoms with Gasteiger partial charge in [-0.25, -0.2) is 9.59 Å². The van der Waals surface area contributed by atoms with Gasteiger partial charge in [0.15, 0.2) is 0 Å². The lowest BCUT2D eigenvalue weighted by atomic mass is 9.87. The fourth-order valence-corrected chi connectivity index (χ4v) is 5.72. The number of ether oxygens (including phenoxy) is 2. The highest BCUT2D eigenvalue weighted by molar-refractivity contribution is 6.07. The molecule has 5 aromatic carbocycles. The molecule has 6 heteroatoms. The first-order valence-corrected chi connectivity index (χ1v) is 16.1. The maximum absolute atomic E-state index is 13.8. The van der Waals surface area contributed by atoms with Crippen LogP contribution < -0.4 is 9.80 Å². The van der Waals surface area contributed by atoms with Crippen molar-refractivity contribution in [3.05, 3.63) is 144 Å². The zero-order valence-corrected chi connectivity index (χ0v) is 29.1. The summed E-state index contributed by atoms with van der Waals surface area (Å²) in [5.74, 6) is -1.07. The quantitative estimate of drug-likeness (QED) is 0.157. The number of rotatable bonds is 8. The van der Waals surface area contributed by atoms with Crippen molar-refractivity contribution in [1.29, 1.82) is 0 Å². The second-order valence-electron chi connectivity index (χ2n) is 13.8. The molecule has 0 N–H and O–H groups in total. The lowest BCUT2D eigenvalue weighted by molar-refractivity contribution is 0.0588. The molecule has 48 heavy (non-hydrogen) atoms. The lowest BCUT2D eigenvalue weighted by Crippen LogP contribution is -2.21. The van der Waals surface area contributed by atoms with Gasteiger partial charge in [-0.15, -0.1) is 0 Å². The number of hydrogen-bond donors (Lipinski definition) is 0. The molecule has 0 aliphatic rings. The van der Waals surface area contributed by atoms with Crippen LogP contribution in [0.1, 0.15) is 73.4 Å². The molecule has 246 valence electrons. The Morgan fingerprint density at radius 2 is 0.750 bits per heavy atom. The molecule has 0 amide bonds. The van der Waals surface area contributed by atoms with Crippen molar-refractivity contribution in [3.63, 3.8) is 0 Å². The van der Waals surface area contributed by atoms with Crippen molar-refractivity contribution < 1.29 is 19.1 Å². The average Bonchev–Trinajstić information content (AvgIpc) is 3.08. The number of carbonyl (C=O) groups is 2. The molecule has 5 aromatic rings. The van der Waals surface area contributed by atoms with Crippen LogP contribution >= 0.6 is 0 Å². The Labute approximate surface area is 284 Å². The summed E-state index contributed by atoms with van der Waals surface area (Å²) in [5, 5.41) is 0. The molecule has 0 spiro atoms. The Morgan fingerprint density at radius 3 is 1.02 bits per heavy atom. The minimum Gasteiger partial charge on any atom is -0.465 e. The number of hydrogen-bond acceptors (Lipinski definition) is 6. The number of methoxy groups -OCH3 is 2. The summed E-state index contributed by atoms with van der Waals surface area (Å²) in [5.41, 5.74) is 7.07. The van der Waals surface area contributed by atoms with Gasteiger partial charge < -0.3 is 19.3 Å². The summed E-state index contributed by atoms with van der Waals surface area (Å²) in [6, 6.07) is 39.5. The number of carbonyl (C=O) groups excluding carboxylic acids is 2. The minimum absolute atomic E-state index is 0.0427. The van der Waals surface area contributed by atoms with Gasteiger partial charge in [0.2, 0.25) is 0 Å². The SMILES string of the molecule is COC(=O)c1cc(N(c2ccccc2)c2ccc(C(C)(C)C)cc2)c(C(=O)OC)cc1N(c1ccccc1)c1ccc(C(C)(C)C)cc1. The summed E-state index contributed by atoms with van der Waals surface area (Å²) in [7, 11) is 2.73. The molecule has 0 unspecified atom stereocenters. The maximum Gasteiger partial charge on any atom is 0.340 e. The predicted molar refractivity (Wildman–Crippen MR) is 196 cm³/mol. The van der Waals surface area contributed by atoms with Crippen molar-refractivity contribution in [1.82, 2.24) is 0 Å². The van der Waals surface area contributed by atoms with Crippen molar-refractivity contribution in [3.8, 4) is 0 Å². The number of benzene rings is 5. The summed E-state index contributed by atoms with van der Waals surface area (Å²) >= 11 is 0. The average molecular weight is 641 g/mol. The Morgan fingerprint density at radius 1 is 0.458 bits per heavy atom. The largest absolute Gasteiger partial charge is 0.465 e. The topological polar surface area (TPSA) is 59.1 Å². The summed E-state index contributed by atoms with van der Waals surface area (Å²) in [6.07, 6.45) is 0. The standard InChI is InChI=1S/C42H44N2O4/c1-41(2,3)29-19-23-33(24-20-29)43(31-15-11-9-12-16-31)37-27-36(40(46)48-8)38(28-35(37)39(45)47-7)44(32-17-13-10-14-18-32)34-25-21-30(22-26-34)42(4,5)6/h9-28H,1-8H3. The van der Waals surface area contributed by atoms with Gasteiger partial charge in [-0.2, -0.15) is 0 Å². The van der Waals surface area contributed by atoms with Gasteiger partial charge in [-0.3, -0.25) is 0 Å². The zero-order chi connectivity index (χ0) is 34.6. The Hall–Kier alpha value is -5.36. The van der Waals surface area contributed by atoms with E-state index in [4.69, 9.17) is 9.47 Å². The molecule has 0 heterocycles. The molecule has 0 fully saturated rings. The predicted octanol–water partition coefficient (Wildman–Crippen LogP) is 10.8. The monoisotopic (exact) mass is 640 g/mol. The van der Waals surface area contributed by atoms with E-state index >= 15 is 0 Å². The molecule has 0 aromatic heterocycles. The number of esters is 2. The first-order chi connectivity index (χ1) is 22.8. The van der Waals surface area contributed by atoms with E-state index in [0.29, 0.717) is 11.4 Å². The molecule has 5 rings (SSSR count). The highest BCUT2D eigenvalue weighted by Gasteiger charge is 2.29. The smallest absolute Gasteiger partial charge is 0.340 e. The number of para-hydroxylation sites is 2. The number of nitrogens with zero attached hydrogens (tertiary/aromatic N) is 2. The Bertz CT molecular complexity index is 1730. The molecule has 0 aliphatic carbocycles. The van der Waals surface area contributed by atoms with Crippen LogP contribution in [0.4, 0.5) is 34.1 Å². The van der Waals surface area contributed by atoms with E-state index in [0.717, 1.165) is 22.7 Å². The van der Waals surface area contributed by atoms with Crippen LogP contribution in [0, 0.1) is 0 Å². The van der Waals surface area contributed by atoms with E-state index < -0.39 is 11.9 Å².